The van der Waals surface area contributed by atoms with Gasteiger partial charge in [-0.05, 0) is 6.42 Å². The maximum atomic E-state index is 5.82. The largest absolute Gasteiger partial charge is 0.383 e. The van der Waals surface area contributed by atoms with Crippen LogP contribution in [-0.4, -0.2) is 25.5 Å². The standard InChI is InChI=1S/C9H13N5S.ClH/c1-3-4-15-9-12-7(10)6-5-11-14(2)8(6)13-9;/h5H,3-4H2,1-2H3,(H2,10,12,13);1H. The normalized spacial score (nSPS) is 10.4. The molecule has 0 amide bonds. The first kappa shape index (κ1) is 13.1. The molecule has 0 aliphatic rings. The minimum absolute atomic E-state index is 0. The minimum atomic E-state index is 0. The number of hydrogen-bond donors (Lipinski definition) is 1. The van der Waals surface area contributed by atoms with Crippen LogP contribution in [0.1, 0.15) is 13.3 Å². The number of thioether (sulfide) groups is 1. The van der Waals surface area contributed by atoms with Crippen LogP contribution >= 0.6 is 24.2 Å². The second kappa shape index (κ2) is 5.36. The van der Waals surface area contributed by atoms with Crippen molar-refractivity contribution in [3.8, 4) is 0 Å². The summed E-state index contributed by atoms with van der Waals surface area (Å²) >= 11 is 1.62. The van der Waals surface area contributed by atoms with E-state index >= 15 is 0 Å². The molecule has 0 radical (unpaired) electrons. The second-order valence-corrected chi connectivity index (χ2v) is 4.31. The molecule has 0 saturated heterocycles. The Bertz CT molecular complexity index is 484. The Kier molecular flexibility index (Phi) is 4.37. The fourth-order valence-electron chi connectivity index (χ4n) is 1.28. The molecule has 0 spiro atoms. The third-order valence-electron chi connectivity index (χ3n) is 2.04. The SMILES string of the molecule is CCCSc1nc(N)c2cnn(C)c2n1.Cl. The summed E-state index contributed by atoms with van der Waals surface area (Å²) in [4.78, 5) is 8.63. The van der Waals surface area contributed by atoms with Gasteiger partial charge in [0.2, 0.25) is 0 Å². The number of aryl methyl sites for hydroxylation is 1. The predicted octanol–water partition coefficient (Wildman–Crippen LogP) is 1.87. The highest BCUT2D eigenvalue weighted by Gasteiger charge is 2.08. The number of rotatable bonds is 3. The Morgan fingerprint density at radius 3 is 2.88 bits per heavy atom. The molecule has 0 fully saturated rings. The minimum Gasteiger partial charge on any atom is -0.383 e. The molecule has 0 aromatic carbocycles. The zero-order valence-electron chi connectivity index (χ0n) is 9.17. The number of hydrogen-bond acceptors (Lipinski definition) is 5. The topological polar surface area (TPSA) is 69.6 Å². The average Bonchev–Trinajstić information content (AvgIpc) is 2.58. The Morgan fingerprint density at radius 1 is 1.44 bits per heavy atom. The van der Waals surface area contributed by atoms with Gasteiger partial charge in [-0.15, -0.1) is 12.4 Å². The van der Waals surface area contributed by atoms with Crippen LogP contribution < -0.4 is 5.73 Å². The third-order valence-corrected chi connectivity index (χ3v) is 3.09. The summed E-state index contributed by atoms with van der Waals surface area (Å²) in [7, 11) is 1.85. The van der Waals surface area contributed by atoms with Crippen LogP contribution in [-0.2, 0) is 7.05 Å². The maximum absolute atomic E-state index is 5.82. The Morgan fingerprint density at radius 2 is 2.19 bits per heavy atom. The van der Waals surface area contributed by atoms with Crippen LogP contribution in [0.5, 0.6) is 0 Å². The van der Waals surface area contributed by atoms with Crippen LogP contribution in [0.25, 0.3) is 11.0 Å². The van der Waals surface area contributed by atoms with Crippen molar-refractivity contribution in [2.24, 2.45) is 7.05 Å². The molecular weight excluding hydrogens is 246 g/mol. The van der Waals surface area contributed by atoms with Crippen molar-refractivity contribution >= 4 is 41.0 Å². The maximum Gasteiger partial charge on any atom is 0.191 e. The van der Waals surface area contributed by atoms with Gasteiger partial charge in [0.25, 0.3) is 0 Å². The summed E-state index contributed by atoms with van der Waals surface area (Å²) < 4.78 is 1.71. The average molecular weight is 260 g/mol. The molecule has 0 aliphatic carbocycles. The summed E-state index contributed by atoms with van der Waals surface area (Å²) in [6, 6.07) is 0. The zero-order valence-corrected chi connectivity index (χ0v) is 10.8. The lowest BCUT2D eigenvalue weighted by Crippen LogP contribution is -1.99. The summed E-state index contributed by atoms with van der Waals surface area (Å²) in [5, 5.41) is 5.65. The van der Waals surface area contributed by atoms with E-state index in [2.05, 4.69) is 22.0 Å². The van der Waals surface area contributed by atoms with Gasteiger partial charge in [-0.1, -0.05) is 18.7 Å². The molecule has 5 nitrogen and oxygen atoms in total. The number of anilines is 1. The molecule has 0 atom stereocenters. The van der Waals surface area contributed by atoms with Crippen molar-refractivity contribution in [2.45, 2.75) is 18.5 Å². The number of nitrogen functional groups attached to an aromatic ring is 1. The molecular formula is C9H14ClN5S. The fourth-order valence-corrected chi connectivity index (χ4v) is 1.98. The van der Waals surface area contributed by atoms with Crippen LogP contribution in [0, 0.1) is 0 Å². The summed E-state index contributed by atoms with van der Waals surface area (Å²) in [6.45, 7) is 2.12. The van der Waals surface area contributed by atoms with E-state index in [-0.39, 0.29) is 12.4 Å². The molecule has 2 aromatic rings. The summed E-state index contributed by atoms with van der Waals surface area (Å²) in [5.41, 5.74) is 6.62. The van der Waals surface area contributed by atoms with E-state index in [0.29, 0.717) is 5.82 Å². The number of nitrogens with zero attached hydrogens (tertiary/aromatic N) is 4. The highest BCUT2D eigenvalue weighted by Crippen LogP contribution is 2.21. The zero-order chi connectivity index (χ0) is 10.8. The van der Waals surface area contributed by atoms with Crippen molar-refractivity contribution < 1.29 is 0 Å². The van der Waals surface area contributed by atoms with Crippen LogP contribution in [0.4, 0.5) is 5.82 Å². The van der Waals surface area contributed by atoms with Gasteiger partial charge in [0.1, 0.15) is 5.82 Å². The van der Waals surface area contributed by atoms with Gasteiger partial charge < -0.3 is 5.73 Å². The lowest BCUT2D eigenvalue weighted by atomic mass is 10.4. The monoisotopic (exact) mass is 259 g/mol. The molecule has 2 N–H and O–H groups in total. The van der Waals surface area contributed by atoms with Gasteiger partial charge in [-0.2, -0.15) is 5.10 Å². The number of halogens is 1. The summed E-state index contributed by atoms with van der Waals surface area (Å²) in [6.07, 6.45) is 2.79. The van der Waals surface area contributed by atoms with E-state index in [0.717, 1.165) is 28.4 Å². The second-order valence-electron chi connectivity index (χ2n) is 3.25. The Hall–Kier alpha value is -1.01. The number of aromatic nitrogens is 4. The van der Waals surface area contributed by atoms with Gasteiger partial charge in [0.15, 0.2) is 10.8 Å². The van der Waals surface area contributed by atoms with E-state index in [4.69, 9.17) is 5.73 Å². The summed E-state index contributed by atoms with van der Waals surface area (Å²) in [5.74, 6) is 1.51. The van der Waals surface area contributed by atoms with E-state index in [1.54, 1.807) is 22.6 Å². The Labute approximate surface area is 104 Å². The molecule has 7 heteroatoms. The molecule has 2 heterocycles. The quantitative estimate of drug-likeness (QED) is 0.673. The fraction of sp³-hybridized carbons (Fsp3) is 0.444. The molecule has 0 bridgehead atoms. The van der Waals surface area contributed by atoms with Gasteiger partial charge >= 0.3 is 0 Å². The van der Waals surface area contributed by atoms with E-state index < -0.39 is 0 Å². The highest BCUT2D eigenvalue weighted by molar-refractivity contribution is 7.99. The van der Waals surface area contributed by atoms with E-state index in [9.17, 15) is 0 Å². The van der Waals surface area contributed by atoms with Gasteiger partial charge in [-0.25, -0.2) is 9.97 Å². The first-order chi connectivity index (χ1) is 7.22. The third kappa shape index (κ3) is 2.38. The highest BCUT2D eigenvalue weighted by atomic mass is 35.5. The van der Waals surface area contributed by atoms with Crippen molar-refractivity contribution in [3.63, 3.8) is 0 Å². The van der Waals surface area contributed by atoms with Gasteiger partial charge in [-0.3, -0.25) is 4.68 Å². The predicted molar refractivity (Wildman–Crippen MR) is 69.0 cm³/mol. The van der Waals surface area contributed by atoms with Crippen molar-refractivity contribution in [2.75, 3.05) is 11.5 Å². The molecule has 2 rings (SSSR count). The number of nitrogens with two attached hydrogens (primary N) is 1. The molecule has 0 aliphatic heterocycles. The van der Waals surface area contributed by atoms with Crippen LogP contribution in [0.3, 0.4) is 0 Å². The molecule has 2 aromatic heterocycles. The van der Waals surface area contributed by atoms with Crippen LogP contribution in [0.15, 0.2) is 11.4 Å². The Balaban J connectivity index is 0.00000128. The smallest absolute Gasteiger partial charge is 0.191 e. The molecule has 0 unspecified atom stereocenters. The molecule has 16 heavy (non-hydrogen) atoms. The lowest BCUT2D eigenvalue weighted by Gasteiger charge is -2.01. The van der Waals surface area contributed by atoms with Gasteiger partial charge in [0.05, 0.1) is 11.6 Å². The van der Waals surface area contributed by atoms with E-state index in [1.807, 2.05) is 7.05 Å². The van der Waals surface area contributed by atoms with Crippen molar-refractivity contribution in [1.29, 1.82) is 0 Å². The van der Waals surface area contributed by atoms with E-state index in [1.165, 1.54) is 0 Å². The van der Waals surface area contributed by atoms with Crippen molar-refractivity contribution in [3.05, 3.63) is 6.20 Å². The lowest BCUT2D eigenvalue weighted by molar-refractivity contribution is 0.778. The van der Waals surface area contributed by atoms with Gasteiger partial charge in [0, 0.05) is 12.8 Å². The van der Waals surface area contributed by atoms with Crippen LogP contribution in [0.2, 0.25) is 0 Å². The molecule has 88 valence electrons. The first-order valence-electron chi connectivity index (χ1n) is 4.80. The number of fused-ring (bicyclic) bond motifs is 1. The first-order valence-corrected chi connectivity index (χ1v) is 5.79. The molecule has 0 saturated carbocycles. The van der Waals surface area contributed by atoms with Crippen molar-refractivity contribution in [1.82, 2.24) is 19.7 Å².